The van der Waals surface area contributed by atoms with Gasteiger partial charge >= 0.3 is 0 Å². The summed E-state index contributed by atoms with van der Waals surface area (Å²) in [5.74, 6) is 1.28. The normalized spacial score (nSPS) is 16.2. The Labute approximate surface area is 196 Å². The monoisotopic (exact) mass is 446 g/mol. The van der Waals surface area contributed by atoms with Crippen LogP contribution in [-0.4, -0.2) is 33.2 Å². The molecule has 3 aromatic rings. The molecule has 6 nitrogen and oxygen atoms in total. The zero-order valence-electron chi connectivity index (χ0n) is 19.8. The number of nitrogens with one attached hydrogen (secondary N) is 1. The van der Waals surface area contributed by atoms with Gasteiger partial charge in [-0.3, -0.25) is 9.48 Å². The van der Waals surface area contributed by atoms with Crippen molar-refractivity contribution in [3.8, 4) is 5.75 Å². The molecule has 174 valence electrons. The molecule has 2 aromatic carbocycles. The van der Waals surface area contributed by atoms with Gasteiger partial charge in [-0.05, 0) is 36.5 Å². The minimum Gasteiger partial charge on any atom is -0.491 e. The lowest BCUT2D eigenvalue weighted by atomic mass is 10.0. The zero-order valence-corrected chi connectivity index (χ0v) is 19.8. The molecule has 0 radical (unpaired) electrons. The summed E-state index contributed by atoms with van der Waals surface area (Å²) >= 11 is 0. The number of carbonyl (C=O) groups is 1. The summed E-state index contributed by atoms with van der Waals surface area (Å²) in [6.07, 6.45) is 5.38. The van der Waals surface area contributed by atoms with Gasteiger partial charge in [0.1, 0.15) is 12.4 Å². The lowest BCUT2D eigenvalue weighted by Crippen LogP contribution is -2.44. The van der Waals surface area contributed by atoms with Crippen molar-refractivity contribution in [2.75, 3.05) is 11.9 Å². The van der Waals surface area contributed by atoms with Crippen molar-refractivity contribution in [1.82, 2.24) is 14.7 Å². The predicted molar refractivity (Wildman–Crippen MR) is 131 cm³/mol. The SMILES string of the molecule is CCCn1cc(C(=O)N2Cc3ccccc3NCc3ccccc3OC[C@@H]2CC(C)C)cn1. The largest absolute Gasteiger partial charge is 0.491 e. The maximum atomic E-state index is 13.8. The molecule has 1 aromatic heterocycles. The van der Waals surface area contributed by atoms with Crippen LogP contribution in [0.2, 0.25) is 0 Å². The topological polar surface area (TPSA) is 59.4 Å². The van der Waals surface area contributed by atoms with Gasteiger partial charge in [-0.15, -0.1) is 0 Å². The Kier molecular flexibility index (Phi) is 7.33. The van der Waals surface area contributed by atoms with E-state index in [0.29, 0.717) is 31.2 Å². The van der Waals surface area contributed by atoms with Gasteiger partial charge in [0.25, 0.3) is 5.91 Å². The van der Waals surface area contributed by atoms with E-state index in [4.69, 9.17) is 4.74 Å². The Hall–Kier alpha value is -3.28. The highest BCUT2D eigenvalue weighted by molar-refractivity contribution is 5.94. The number of fused-ring (bicyclic) bond motifs is 2. The van der Waals surface area contributed by atoms with Crippen LogP contribution in [0.5, 0.6) is 5.75 Å². The van der Waals surface area contributed by atoms with Crippen molar-refractivity contribution in [1.29, 1.82) is 0 Å². The van der Waals surface area contributed by atoms with Crippen molar-refractivity contribution < 1.29 is 9.53 Å². The van der Waals surface area contributed by atoms with E-state index in [1.807, 2.05) is 46.1 Å². The number of aryl methyl sites for hydroxylation is 1. The molecule has 4 rings (SSSR count). The maximum absolute atomic E-state index is 13.8. The number of rotatable bonds is 5. The van der Waals surface area contributed by atoms with Crippen molar-refractivity contribution >= 4 is 11.6 Å². The van der Waals surface area contributed by atoms with Crippen LogP contribution in [-0.2, 0) is 19.6 Å². The number of anilines is 1. The smallest absolute Gasteiger partial charge is 0.257 e. The Morgan fingerprint density at radius 1 is 1.15 bits per heavy atom. The number of hydrogen-bond acceptors (Lipinski definition) is 4. The summed E-state index contributed by atoms with van der Waals surface area (Å²) in [6, 6.07) is 16.3. The number of aromatic nitrogens is 2. The number of para-hydroxylation sites is 2. The van der Waals surface area contributed by atoms with Crippen molar-refractivity contribution in [3.63, 3.8) is 0 Å². The lowest BCUT2D eigenvalue weighted by Gasteiger charge is -2.33. The van der Waals surface area contributed by atoms with Crippen molar-refractivity contribution in [2.24, 2.45) is 5.92 Å². The number of ether oxygens (including phenoxy) is 1. The first kappa shape index (κ1) is 22.9. The second-order valence-electron chi connectivity index (χ2n) is 9.14. The lowest BCUT2D eigenvalue weighted by molar-refractivity contribution is 0.0557. The molecule has 6 heteroatoms. The van der Waals surface area contributed by atoms with E-state index in [-0.39, 0.29) is 11.9 Å². The predicted octanol–water partition coefficient (Wildman–Crippen LogP) is 5.35. The third-order valence-corrected chi connectivity index (χ3v) is 6.01. The highest BCUT2D eigenvalue weighted by Gasteiger charge is 2.29. The molecule has 0 saturated heterocycles. The molecule has 1 aliphatic heterocycles. The molecule has 1 aliphatic rings. The quantitative estimate of drug-likeness (QED) is 0.574. The van der Waals surface area contributed by atoms with Crippen molar-refractivity contribution in [3.05, 3.63) is 77.6 Å². The molecule has 0 unspecified atom stereocenters. The van der Waals surface area contributed by atoms with Crippen LogP contribution < -0.4 is 10.1 Å². The number of amides is 1. The molecule has 1 N–H and O–H groups in total. The fraction of sp³-hybridized carbons (Fsp3) is 0.407. The zero-order chi connectivity index (χ0) is 23.2. The average Bonchev–Trinajstić information content (AvgIpc) is 3.27. The van der Waals surface area contributed by atoms with Gasteiger partial charge in [0.15, 0.2) is 0 Å². The van der Waals surface area contributed by atoms with Gasteiger partial charge in [0.05, 0.1) is 17.8 Å². The highest BCUT2D eigenvalue weighted by atomic mass is 16.5. The second kappa shape index (κ2) is 10.6. The third kappa shape index (κ3) is 5.56. The van der Waals surface area contributed by atoms with E-state index in [1.54, 1.807) is 6.20 Å². The van der Waals surface area contributed by atoms with E-state index in [1.165, 1.54) is 0 Å². The van der Waals surface area contributed by atoms with Gasteiger partial charge in [-0.1, -0.05) is 57.2 Å². The molecule has 1 atom stereocenters. The Morgan fingerprint density at radius 2 is 1.91 bits per heavy atom. The molecule has 33 heavy (non-hydrogen) atoms. The Morgan fingerprint density at radius 3 is 2.70 bits per heavy atom. The van der Waals surface area contributed by atoms with Crippen molar-refractivity contribution in [2.45, 2.75) is 59.3 Å². The fourth-order valence-electron chi connectivity index (χ4n) is 4.37. The summed E-state index contributed by atoms with van der Waals surface area (Å²) in [5, 5.41) is 7.96. The number of benzene rings is 2. The molecule has 0 aliphatic carbocycles. The molecule has 2 heterocycles. The second-order valence-corrected chi connectivity index (χ2v) is 9.14. The van der Waals surface area contributed by atoms with Crippen LogP contribution in [0.15, 0.2) is 60.9 Å². The molecule has 1 amide bonds. The maximum Gasteiger partial charge on any atom is 0.257 e. The summed E-state index contributed by atoms with van der Waals surface area (Å²) in [7, 11) is 0. The average molecular weight is 447 g/mol. The first-order chi connectivity index (χ1) is 16.0. The van der Waals surface area contributed by atoms with E-state index < -0.39 is 0 Å². The number of hydrogen-bond donors (Lipinski definition) is 1. The summed E-state index contributed by atoms with van der Waals surface area (Å²) in [4.78, 5) is 15.8. The van der Waals surface area contributed by atoms with Crippen LogP contribution in [0.3, 0.4) is 0 Å². The van der Waals surface area contributed by atoms with E-state index in [0.717, 1.165) is 42.0 Å². The standard InChI is InChI=1S/C27H34N4O2/c1-4-13-30-17-23(16-29-30)27(32)31-18-22-10-5-7-11-25(22)28-15-21-9-6-8-12-26(21)33-19-24(31)14-20(2)3/h5-12,16-17,20,24,28H,4,13-15,18-19H2,1-3H3/t24-/m0/s1. The molecule has 0 spiro atoms. The molecule has 0 saturated carbocycles. The summed E-state index contributed by atoms with van der Waals surface area (Å²) in [5.41, 5.74) is 3.87. The van der Waals surface area contributed by atoms with Crippen LogP contribution in [0, 0.1) is 5.92 Å². The summed E-state index contributed by atoms with van der Waals surface area (Å²) < 4.78 is 8.18. The Bertz CT molecular complexity index is 1080. The van der Waals surface area contributed by atoms with E-state index >= 15 is 0 Å². The van der Waals surface area contributed by atoms with Gasteiger partial charge in [-0.2, -0.15) is 5.10 Å². The third-order valence-electron chi connectivity index (χ3n) is 6.01. The minimum atomic E-state index is -0.0637. The molecule has 0 fully saturated rings. The first-order valence-electron chi connectivity index (χ1n) is 11.9. The van der Waals surface area contributed by atoms with Crippen LogP contribution in [0.25, 0.3) is 0 Å². The van der Waals surface area contributed by atoms with Crippen LogP contribution >= 0.6 is 0 Å². The number of nitrogens with zero attached hydrogens (tertiary/aromatic N) is 3. The fourth-order valence-corrected chi connectivity index (χ4v) is 4.37. The molecule has 0 bridgehead atoms. The molecular weight excluding hydrogens is 412 g/mol. The van der Waals surface area contributed by atoms with Crippen LogP contribution in [0.1, 0.15) is 55.1 Å². The molecular formula is C27H34N4O2. The van der Waals surface area contributed by atoms with Crippen LogP contribution in [0.4, 0.5) is 5.69 Å². The van der Waals surface area contributed by atoms with Gasteiger partial charge in [0.2, 0.25) is 0 Å². The van der Waals surface area contributed by atoms with Gasteiger partial charge in [-0.25, -0.2) is 0 Å². The highest BCUT2D eigenvalue weighted by Crippen LogP contribution is 2.27. The Balaban J connectivity index is 1.74. The van der Waals surface area contributed by atoms with Gasteiger partial charge in [0, 0.05) is 37.1 Å². The van der Waals surface area contributed by atoms with Gasteiger partial charge < -0.3 is 15.0 Å². The summed E-state index contributed by atoms with van der Waals surface area (Å²) in [6.45, 7) is 8.92. The minimum absolute atomic E-state index is 0.00561. The number of carbonyl (C=O) groups excluding carboxylic acids is 1. The van der Waals surface area contributed by atoms with E-state index in [2.05, 4.69) is 49.4 Å². The first-order valence-corrected chi connectivity index (χ1v) is 11.9. The van der Waals surface area contributed by atoms with E-state index in [9.17, 15) is 4.79 Å².